The van der Waals surface area contributed by atoms with Crippen LogP contribution in [0.4, 0.5) is 0 Å². The Bertz CT molecular complexity index is 718. The fourth-order valence-corrected chi connectivity index (χ4v) is 4.17. The molecule has 3 atom stereocenters. The third-order valence-electron chi connectivity index (χ3n) is 5.55. The van der Waals surface area contributed by atoms with Gasteiger partial charge in [-0.1, -0.05) is 13.0 Å². The van der Waals surface area contributed by atoms with Gasteiger partial charge in [0.15, 0.2) is 0 Å². The Labute approximate surface area is 180 Å². The number of benzene rings is 1. The zero-order valence-corrected chi connectivity index (χ0v) is 18.4. The summed E-state index contributed by atoms with van der Waals surface area (Å²) in [6.07, 6.45) is 4.07. The fraction of sp³-hybridized carbons (Fsp3) is 0.571. The zero-order valence-electron chi connectivity index (χ0n) is 16.8. The molecule has 1 aromatic carbocycles. The number of amides is 2. The highest BCUT2D eigenvalue weighted by atomic mass is 79.9. The second-order valence-electron chi connectivity index (χ2n) is 7.85. The highest BCUT2D eigenvalue weighted by molar-refractivity contribution is 9.10. The molecule has 0 bridgehead atoms. The van der Waals surface area contributed by atoms with Crippen molar-refractivity contribution < 1.29 is 14.3 Å². The van der Waals surface area contributed by atoms with Gasteiger partial charge in [0.1, 0.15) is 11.9 Å². The molecule has 29 heavy (non-hydrogen) atoms. The van der Waals surface area contributed by atoms with Crippen molar-refractivity contribution >= 4 is 27.7 Å². The van der Waals surface area contributed by atoms with Gasteiger partial charge >= 0.3 is 0 Å². The van der Waals surface area contributed by atoms with Crippen molar-refractivity contribution in [1.29, 1.82) is 0 Å². The number of nitrogens with two attached hydrogens (primary N) is 1. The number of primary amides is 1. The topological polar surface area (TPSA) is 96.7 Å². The number of rotatable bonds is 9. The molecule has 2 aliphatic rings. The molecule has 0 unspecified atom stereocenters. The maximum atomic E-state index is 12.9. The minimum absolute atomic E-state index is 0.0553. The van der Waals surface area contributed by atoms with E-state index >= 15 is 0 Å². The van der Waals surface area contributed by atoms with E-state index in [0.717, 1.165) is 54.8 Å². The molecule has 2 fully saturated rings. The van der Waals surface area contributed by atoms with Crippen molar-refractivity contribution in [2.24, 2.45) is 11.7 Å². The lowest BCUT2D eigenvalue weighted by Crippen LogP contribution is -2.41. The Morgan fingerprint density at radius 1 is 1.31 bits per heavy atom. The van der Waals surface area contributed by atoms with Crippen LogP contribution in [0.25, 0.3) is 0 Å². The first kappa shape index (κ1) is 22.1. The minimum Gasteiger partial charge on any atom is -0.488 e. The highest BCUT2D eigenvalue weighted by Gasteiger charge is 2.27. The average Bonchev–Trinajstić information content (AvgIpc) is 3.40. The summed E-state index contributed by atoms with van der Waals surface area (Å²) >= 11 is 3.61. The lowest BCUT2D eigenvalue weighted by molar-refractivity contribution is -0.130. The van der Waals surface area contributed by atoms with Gasteiger partial charge in [-0.3, -0.25) is 9.59 Å². The number of carbonyl (C=O) groups is 2. The van der Waals surface area contributed by atoms with Crippen LogP contribution in [0, 0.1) is 12.3 Å². The summed E-state index contributed by atoms with van der Waals surface area (Å²) in [6.45, 7) is 5.78. The van der Waals surface area contributed by atoms with Gasteiger partial charge in [0, 0.05) is 31.6 Å². The van der Waals surface area contributed by atoms with Crippen molar-refractivity contribution in [3.63, 3.8) is 0 Å². The van der Waals surface area contributed by atoms with Crippen molar-refractivity contribution in [3.05, 3.63) is 34.7 Å². The van der Waals surface area contributed by atoms with Crippen LogP contribution in [-0.2, 0) is 16.1 Å². The molecule has 2 aliphatic heterocycles. The second-order valence-corrected chi connectivity index (χ2v) is 8.71. The molecular weight excluding hydrogens is 436 g/mol. The molecule has 7 nitrogen and oxygen atoms in total. The zero-order chi connectivity index (χ0) is 20.8. The molecule has 0 spiro atoms. The average molecular weight is 466 g/mol. The smallest absolute Gasteiger partial charge is 0.227 e. The van der Waals surface area contributed by atoms with Gasteiger partial charge < -0.3 is 26.0 Å². The summed E-state index contributed by atoms with van der Waals surface area (Å²) in [7, 11) is 0. The number of halogens is 1. The first-order valence-electron chi connectivity index (χ1n) is 10.2. The molecular formula is C21H30BrN4O3. The highest BCUT2D eigenvalue weighted by Crippen LogP contribution is 2.29. The molecule has 2 amide bonds. The summed E-state index contributed by atoms with van der Waals surface area (Å²) in [6, 6.07) is 6.14. The van der Waals surface area contributed by atoms with E-state index in [1.165, 1.54) is 0 Å². The third-order valence-corrected chi connectivity index (χ3v) is 6.17. The molecule has 8 heteroatoms. The number of ether oxygens (including phenoxy) is 1. The molecule has 4 N–H and O–H groups in total. The standard InChI is InChI=1S/C21H30BrN4O3/c1-14(21(23)28)2-5-20(27)26(16-6-8-24-11-16)13-15-3-4-19(18(22)10-15)29-17-7-9-25-12-17/h3-5,10,14,16-17,24-25H,2,6-9,11-13H2,1H3,(H2,23,28)/t14-,16-,17+/m0/s1. The van der Waals surface area contributed by atoms with E-state index in [1.807, 2.05) is 23.1 Å². The summed E-state index contributed by atoms with van der Waals surface area (Å²) in [4.78, 5) is 26.0. The van der Waals surface area contributed by atoms with E-state index in [-0.39, 0.29) is 29.9 Å². The number of carbonyl (C=O) groups excluding carboxylic acids is 2. The lowest BCUT2D eigenvalue weighted by Gasteiger charge is -2.29. The normalized spacial score (nSPS) is 22.4. The molecule has 1 aromatic rings. The van der Waals surface area contributed by atoms with Gasteiger partial charge in [0.2, 0.25) is 11.8 Å². The Balaban J connectivity index is 1.65. The van der Waals surface area contributed by atoms with Crippen LogP contribution in [0.15, 0.2) is 22.7 Å². The van der Waals surface area contributed by atoms with Crippen LogP contribution in [0.3, 0.4) is 0 Å². The minimum atomic E-state index is -0.389. The molecule has 2 saturated heterocycles. The second kappa shape index (κ2) is 10.4. The Kier molecular flexibility index (Phi) is 7.91. The summed E-state index contributed by atoms with van der Waals surface area (Å²) in [5.41, 5.74) is 6.35. The predicted molar refractivity (Wildman–Crippen MR) is 115 cm³/mol. The van der Waals surface area contributed by atoms with E-state index in [1.54, 1.807) is 13.3 Å². The Morgan fingerprint density at radius 2 is 2.07 bits per heavy atom. The molecule has 0 saturated carbocycles. The van der Waals surface area contributed by atoms with Gasteiger partial charge in [-0.2, -0.15) is 0 Å². The first-order valence-corrected chi connectivity index (χ1v) is 11.0. The maximum Gasteiger partial charge on any atom is 0.227 e. The maximum absolute atomic E-state index is 12.9. The summed E-state index contributed by atoms with van der Waals surface area (Å²) < 4.78 is 6.94. The van der Waals surface area contributed by atoms with E-state index in [2.05, 4.69) is 26.6 Å². The molecule has 0 aromatic heterocycles. The van der Waals surface area contributed by atoms with Gasteiger partial charge in [-0.05, 0) is 66.0 Å². The van der Waals surface area contributed by atoms with Crippen LogP contribution < -0.4 is 21.1 Å². The van der Waals surface area contributed by atoms with Gasteiger partial charge in [-0.25, -0.2) is 0 Å². The third kappa shape index (κ3) is 6.17. The number of nitrogens with one attached hydrogen (secondary N) is 2. The van der Waals surface area contributed by atoms with Crippen LogP contribution >= 0.6 is 15.9 Å². The van der Waals surface area contributed by atoms with Crippen molar-refractivity contribution in [1.82, 2.24) is 15.5 Å². The monoisotopic (exact) mass is 465 g/mol. The van der Waals surface area contributed by atoms with Crippen LogP contribution in [0.5, 0.6) is 5.75 Å². The lowest BCUT2D eigenvalue weighted by atomic mass is 10.0. The van der Waals surface area contributed by atoms with E-state index in [9.17, 15) is 9.59 Å². The van der Waals surface area contributed by atoms with Crippen LogP contribution in [0.1, 0.15) is 31.7 Å². The van der Waals surface area contributed by atoms with Gasteiger partial charge in [0.05, 0.1) is 10.9 Å². The first-order chi connectivity index (χ1) is 13.9. The van der Waals surface area contributed by atoms with E-state index < -0.39 is 0 Å². The molecule has 0 aliphatic carbocycles. The largest absolute Gasteiger partial charge is 0.488 e. The molecule has 159 valence electrons. The SMILES string of the molecule is C[C@@H](C[CH]C(=O)N(Cc1ccc(O[C@@H]2CCNC2)c(Br)c1)[C@H]1CCNC1)C(N)=O. The molecule has 3 rings (SSSR count). The van der Waals surface area contributed by atoms with E-state index in [0.29, 0.717) is 13.0 Å². The quantitative estimate of drug-likeness (QED) is 0.514. The van der Waals surface area contributed by atoms with E-state index in [4.69, 9.17) is 10.5 Å². The summed E-state index contributed by atoms with van der Waals surface area (Å²) in [5, 5.41) is 6.62. The summed E-state index contributed by atoms with van der Waals surface area (Å²) in [5.74, 6) is 0.0308. The fourth-order valence-electron chi connectivity index (χ4n) is 3.65. The molecule has 2 heterocycles. The Morgan fingerprint density at radius 3 is 2.69 bits per heavy atom. The van der Waals surface area contributed by atoms with Crippen molar-refractivity contribution in [3.8, 4) is 5.75 Å². The number of hydrogen-bond donors (Lipinski definition) is 3. The van der Waals surface area contributed by atoms with Crippen LogP contribution in [0.2, 0.25) is 0 Å². The molecule has 1 radical (unpaired) electrons. The predicted octanol–water partition coefficient (Wildman–Crippen LogP) is 1.60. The van der Waals surface area contributed by atoms with Crippen molar-refractivity contribution in [2.75, 3.05) is 26.2 Å². The van der Waals surface area contributed by atoms with Crippen molar-refractivity contribution in [2.45, 2.75) is 44.9 Å². The number of hydrogen-bond acceptors (Lipinski definition) is 5. The number of nitrogens with zero attached hydrogens (tertiary/aromatic N) is 1. The van der Waals surface area contributed by atoms with Gasteiger partial charge in [0.25, 0.3) is 0 Å². The van der Waals surface area contributed by atoms with Gasteiger partial charge in [-0.15, -0.1) is 0 Å². The Hall–Kier alpha value is -1.64. The van der Waals surface area contributed by atoms with Crippen LogP contribution in [-0.4, -0.2) is 55.0 Å².